The zero-order valence-electron chi connectivity index (χ0n) is 10.6. The Morgan fingerprint density at radius 1 is 1.21 bits per heavy atom. The molecule has 0 spiro atoms. The molecule has 1 unspecified atom stereocenters. The molecule has 19 heavy (non-hydrogen) atoms. The summed E-state index contributed by atoms with van der Waals surface area (Å²) in [5.74, 6) is 0.280. The molecule has 1 aromatic heterocycles. The molecule has 1 fully saturated rings. The van der Waals surface area contributed by atoms with Gasteiger partial charge in [0, 0.05) is 23.4 Å². The van der Waals surface area contributed by atoms with E-state index in [0.717, 1.165) is 24.9 Å². The van der Waals surface area contributed by atoms with Gasteiger partial charge in [-0.1, -0.05) is 18.2 Å². The number of hydrogen-bond acceptors (Lipinski definition) is 2. The van der Waals surface area contributed by atoms with Gasteiger partial charge < -0.3 is 4.90 Å². The minimum absolute atomic E-state index is 0.256. The Morgan fingerprint density at radius 2 is 2.11 bits per heavy atom. The van der Waals surface area contributed by atoms with Crippen LogP contribution in [0, 0.1) is 0 Å². The number of anilines is 1. The van der Waals surface area contributed by atoms with E-state index < -0.39 is 0 Å². The van der Waals surface area contributed by atoms with Gasteiger partial charge in [-0.2, -0.15) is 0 Å². The minimum Gasteiger partial charge on any atom is -0.305 e. The van der Waals surface area contributed by atoms with Crippen molar-refractivity contribution < 1.29 is 4.79 Å². The van der Waals surface area contributed by atoms with E-state index in [-0.39, 0.29) is 11.9 Å². The van der Waals surface area contributed by atoms with Crippen molar-refractivity contribution in [1.29, 1.82) is 0 Å². The van der Waals surface area contributed by atoms with Gasteiger partial charge in [0.2, 0.25) is 5.91 Å². The summed E-state index contributed by atoms with van der Waals surface area (Å²) in [5.41, 5.74) is 3.78. The first-order valence-corrected chi connectivity index (χ1v) is 7.69. The number of benzene rings is 1. The number of para-hydroxylation sites is 1. The molecule has 0 N–H and O–H groups in total. The average molecular weight is 269 g/mol. The summed E-state index contributed by atoms with van der Waals surface area (Å²) in [7, 11) is 0. The van der Waals surface area contributed by atoms with Crippen LogP contribution < -0.4 is 4.90 Å². The number of piperidine rings is 1. The lowest BCUT2D eigenvalue weighted by Gasteiger charge is -2.35. The van der Waals surface area contributed by atoms with Gasteiger partial charge in [-0.15, -0.1) is 11.3 Å². The predicted molar refractivity (Wildman–Crippen MR) is 77.6 cm³/mol. The third-order valence-electron chi connectivity index (χ3n) is 4.19. The smallest absolute Gasteiger partial charge is 0.227 e. The summed E-state index contributed by atoms with van der Waals surface area (Å²) in [5, 5.41) is 2.16. The quantitative estimate of drug-likeness (QED) is 0.710. The van der Waals surface area contributed by atoms with E-state index in [9.17, 15) is 4.79 Å². The zero-order chi connectivity index (χ0) is 12.8. The van der Waals surface area contributed by atoms with Crippen molar-refractivity contribution in [1.82, 2.24) is 0 Å². The van der Waals surface area contributed by atoms with Gasteiger partial charge in [-0.05, 0) is 41.5 Å². The molecule has 1 amide bonds. The van der Waals surface area contributed by atoms with Crippen LogP contribution in [0.5, 0.6) is 0 Å². The first-order valence-electron chi connectivity index (χ1n) is 6.81. The number of rotatable bonds is 0. The molecule has 1 saturated heterocycles. The van der Waals surface area contributed by atoms with Crippen molar-refractivity contribution in [3.8, 4) is 0 Å². The van der Waals surface area contributed by atoms with E-state index in [1.54, 1.807) is 0 Å². The van der Waals surface area contributed by atoms with Crippen LogP contribution in [0.1, 0.15) is 41.3 Å². The Kier molecular flexibility index (Phi) is 2.49. The Hall–Kier alpha value is -1.61. The normalized spacial score (nSPS) is 21.4. The molecular weight excluding hydrogens is 254 g/mol. The molecule has 1 aromatic carbocycles. The van der Waals surface area contributed by atoms with Crippen LogP contribution in [-0.2, 0) is 11.2 Å². The van der Waals surface area contributed by atoms with E-state index in [0.29, 0.717) is 6.42 Å². The van der Waals surface area contributed by atoms with Gasteiger partial charge >= 0.3 is 0 Å². The highest BCUT2D eigenvalue weighted by Crippen LogP contribution is 2.43. The molecular formula is C16H15NOS. The van der Waals surface area contributed by atoms with Crippen molar-refractivity contribution >= 4 is 22.9 Å². The first-order chi connectivity index (χ1) is 9.34. The van der Waals surface area contributed by atoms with Crippen molar-refractivity contribution in [3.63, 3.8) is 0 Å². The van der Waals surface area contributed by atoms with E-state index >= 15 is 0 Å². The Morgan fingerprint density at radius 3 is 3.05 bits per heavy atom. The highest BCUT2D eigenvalue weighted by Gasteiger charge is 2.35. The van der Waals surface area contributed by atoms with Crippen LogP contribution in [0.15, 0.2) is 35.7 Å². The summed E-state index contributed by atoms with van der Waals surface area (Å²) in [4.78, 5) is 15.9. The molecule has 3 heteroatoms. The fraction of sp³-hybridized carbons (Fsp3) is 0.312. The minimum atomic E-state index is 0.256. The molecule has 96 valence electrons. The molecule has 0 radical (unpaired) electrons. The number of carbonyl (C=O) groups excluding carboxylic acids is 1. The van der Waals surface area contributed by atoms with Crippen molar-refractivity contribution in [3.05, 3.63) is 51.7 Å². The lowest BCUT2D eigenvalue weighted by Crippen LogP contribution is -2.38. The SMILES string of the molecule is O=C1CCCC2c3ccsc3Cc3ccccc3N12. The maximum Gasteiger partial charge on any atom is 0.227 e. The standard InChI is InChI=1S/C16H15NOS/c18-16-7-3-6-14-12-8-9-19-15(12)10-11-4-1-2-5-13(11)17(14)16/h1-2,4-5,8-9,14H,3,6-7,10H2. The van der Waals surface area contributed by atoms with Crippen molar-refractivity contribution in [2.75, 3.05) is 4.90 Å². The Labute approximate surface area is 116 Å². The lowest BCUT2D eigenvalue weighted by atomic mass is 9.95. The highest BCUT2D eigenvalue weighted by atomic mass is 32.1. The van der Waals surface area contributed by atoms with Crippen LogP contribution in [0.3, 0.4) is 0 Å². The number of thiophene rings is 1. The maximum absolute atomic E-state index is 12.4. The maximum atomic E-state index is 12.4. The molecule has 0 aliphatic carbocycles. The van der Waals surface area contributed by atoms with E-state index in [4.69, 9.17) is 0 Å². The third-order valence-corrected chi connectivity index (χ3v) is 5.13. The highest BCUT2D eigenvalue weighted by molar-refractivity contribution is 7.10. The second-order valence-corrected chi connectivity index (χ2v) is 6.28. The summed E-state index contributed by atoms with van der Waals surface area (Å²) >= 11 is 1.82. The van der Waals surface area contributed by atoms with Crippen LogP contribution in [0.4, 0.5) is 5.69 Å². The van der Waals surface area contributed by atoms with Gasteiger partial charge in [0.1, 0.15) is 0 Å². The van der Waals surface area contributed by atoms with Gasteiger partial charge in [0.05, 0.1) is 6.04 Å². The molecule has 2 aromatic rings. The first kappa shape index (κ1) is 11.2. The molecule has 0 bridgehead atoms. The number of carbonyl (C=O) groups is 1. The van der Waals surface area contributed by atoms with Gasteiger partial charge in [0.15, 0.2) is 0 Å². The summed E-state index contributed by atoms with van der Waals surface area (Å²) in [6.07, 6.45) is 3.75. The fourth-order valence-electron chi connectivity index (χ4n) is 3.33. The number of amides is 1. The van der Waals surface area contributed by atoms with E-state index in [2.05, 4.69) is 34.5 Å². The average Bonchev–Trinajstić information content (AvgIpc) is 2.83. The van der Waals surface area contributed by atoms with Crippen molar-refractivity contribution in [2.45, 2.75) is 31.7 Å². The van der Waals surface area contributed by atoms with Crippen LogP contribution >= 0.6 is 11.3 Å². The Bertz CT molecular complexity index is 646. The molecule has 2 aliphatic heterocycles. The zero-order valence-corrected chi connectivity index (χ0v) is 11.5. The lowest BCUT2D eigenvalue weighted by molar-refractivity contribution is -0.120. The van der Waals surface area contributed by atoms with E-state index in [1.165, 1.54) is 16.0 Å². The number of fused-ring (bicyclic) bond motifs is 5. The van der Waals surface area contributed by atoms with Crippen molar-refractivity contribution in [2.24, 2.45) is 0 Å². The number of hydrogen-bond donors (Lipinski definition) is 0. The summed E-state index contributed by atoms with van der Waals surface area (Å²) in [6.45, 7) is 0. The second kappa shape index (κ2) is 4.20. The topological polar surface area (TPSA) is 20.3 Å². The second-order valence-electron chi connectivity index (χ2n) is 5.28. The molecule has 0 saturated carbocycles. The predicted octanol–water partition coefficient (Wildman–Crippen LogP) is 3.91. The summed E-state index contributed by atoms with van der Waals surface area (Å²) < 4.78 is 0. The molecule has 1 atom stereocenters. The van der Waals surface area contributed by atoms with Gasteiger partial charge in [-0.25, -0.2) is 0 Å². The molecule has 4 rings (SSSR count). The third kappa shape index (κ3) is 1.65. The number of nitrogens with zero attached hydrogens (tertiary/aromatic N) is 1. The fourth-order valence-corrected chi connectivity index (χ4v) is 4.28. The van der Waals surface area contributed by atoms with E-state index in [1.807, 2.05) is 17.4 Å². The van der Waals surface area contributed by atoms with Gasteiger partial charge in [-0.3, -0.25) is 4.79 Å². The molecule has 3 heterocycles. The van der Waals surface area contributed by atoms with Crippen LogP contribution in [0.25, 0.3) is 0 Å². The Balaban J connectivity index is 1.96. The van der Waals surface area contributed by atoms with Crippen LogP contribution in [0.2, 0.25) is 0 Å². The molecule has 2 nitrogen and oxygen atoms in total. The van der Waals surface area contributed by atoms with Gasteiger partial charge in [0.25, 0.3) is 0 Å². The van der Waals surface area contributed by atoms with Crippen LogP contribution in [-0.4, -0.2) is 5.91 Å². The molecule has 2 aliphatic rings. The monoisotopic (exact) mass is 269 g/mol. The summed E-state index contributed by atoms with van der Waals surface area (Å²) in [6, 6.07) is 10.8. The largest absolute Gasteiger partial charge is 0.305 e.